The molecule has 0 aliphatic heterocycles. The van der Waals surface area contributed by atoms with Crippen molar-refractivity contribution in [2.24, 2.45) is 5.73 Å². The molecule has 3 nitrogen and oxygen atoms in total. The van der Waals surface area contributed by atoms with Gasteiger partial charge in [-0.2, -0.15) is 0 Å². The fourth-order valence-electron chi connectivity index (χ4n) is 0.827. The van der Waals surface area contributed by atoms with Crippen molar-refractivity contribution >= 4 is 0 Å². The van der Waals surface area contributed by atoms with E-state index in [1.807, 2.05) is 0 Å². The van der Waals surface area contributed by atoms with Crippen molar-refractivity contribution in [1.82, 2.24) is 10.6 Å². The van der Waals surface area contributed by atoms with Crippen LogP contribution < -0.4 is 16.4 Å². The largest absolute Gasteiger partial charge is 0.329 e. The number of hydrogen-bond donors (Lipinski definition) is 3. The van der Waals surface area contributed by atoms with Crippen LogP contribution >= 0.6 is 0 Å². The van der Waals surface area contributed by atoms with Gasteiger partial charge in [0.05, 0.1) is 0 Å². The van der Waals surface area contributed by atoms with Crippen LogP contribution in [0.25, 0.3) is 0 Å². The first-order valence-corrected chi connectivity index (χ1v) is 4.49. The van der Waals surface area contributed by atoms with E-state index in [1.165, 1.54) is 5.57 Å². The molecule has 0 bridgehead atoms. The summed E-state index contributed by atoms with van der Waals surface area (Å²) < 4.78 is 0. The molecule has 0 aromatic rings. The van der Waals surface area contributed by atoms with E-state index in [4.69, 9.17) is 5.73 Å². The molecule has 0 aliphatic rings. The first kappa shape index (κ1) is 11.6. The Balaban J connectivity index is 3.37. The highest BCUT2D eigenvalue weighted by molar-refractivity contribution is 5.04. The van der Waals surface area contributed by atoms with Crippen molar-refractivity contribution in [3.63, 3.8) is 0 Å². The Morgan fingerprint density at radius 1 is 1.58 bits per heavy atom. The van der Waals surface area contributed by atoms with Gasteiger partial charge in [-0.1, -0.05) is 11.6 Å². The molecule has 72 valence electrons. The van der Waals surface area contributed by atoms with Crippen molar-refractivity contribution in [3.8, 4) is 0 Å². The number of hydrogen-bond acceptors (Lipinski definition) is 3. The summed E-state index contributed by atoms with van der Waals surface area (Å²) in [6.07, 6.45) is 2.13. The predicted molar refractivity (Wildman–Crippen MR) is 54.0 cm³/mol. The van der Waals surface area contributed by atoms with Crippen LogP contribution in [0.2, 0.25) is 0 Å². The number of nitrogens with one attached hydrogen (secondary N) is 2. The van der Waals surface area contributed by atoms with E-state index in [1.54, 1.807) is 0 Å². The molecule has 12 heavy (non-hydrogen) atoms. The van der Waals surface area contributed by atoms with E-state index in [2.05, 4.69) is 37.5 Å². The smallest absolute Gasteiger partial charge is 0.0459 e. The van der Waals surface area contributed by atoms with Crippen LogP contribution in [-0.4, -0.2) is 25.8 Å². The Bertz CT molecular complexity index is 132. The zero-order valence-corrected chi connectivity index (χ0v) is 8.35. The second-order valence-electron chi connectivity index (χ2n) is 2.92. The van der Waals surface area contributed by atoms with Crippen molar-refractivity contribution in [2.75, 3.05) is 19.8 Å². The maximum Gasteiger partial charge on any atom is 0.0459 e. The topological polar surface area (TPSA) is 50.1 Å². The van der Waals surface area contributed by atoms with Gasteiger partial charge in [-0.05, 0) is 20.8 Å². The quantitative estimate of drug-likeness (QED) is 0.309. The van der Waals surface area contributed by atoms with Crippen LogP contribution in [0.4, 0.5) is 0 Å². The molecule has 4 N–H and O–H groups in total. The molecule has 0 spiro atoms. The zero-order chi connectivity index (χ0) is 9.40. The standard InChI is InChI=1S/C9H21N3/c1-4-8(2)9(3)12-7-11-6-5-10/h4,9,11-12H,5-7,10H2,1-3H3/b8-4+/t9-/m0/s1. The van der Waals surface area contributed by atoms with Gasteiger partial charge in [0.2, 0.25) is 0 Å². The summed E-state index contributed by atoms with van der Waals surface area (Å²) >= 11 is 0. The maximum atomic E-state index is 5.33. The predicted octanol–water partition coefficient (Wildman–Crippen LogP) is 0.437. The summed E-state index contributed by atoms with van der Waals surface area (Å²) in [7, 11) is 0. The molecule has 0 radical (unpaired) electrons. The van der Waals surface area contributed by atoms with Gasteiger partial charge in [0.15, 0.2) is 0 Å². The molecule has 0 fully saturated rings. The SMILES string of the molecule is C/C=C(\C)[C@H](C)NCNCCN. The van der Waals surface area contributed by atoms with Crippen LogP contribution in [-0.2, 0) is 0 Å². The van der Waals surface area contributed by atoms with Gasteiger partial charge in [-0.25, -0.2) is 0 Å². The lowest BCUT2D eigenvalue weighted by molar-refractivity contribution is 0.543. The lowest BCUT2D eigenvalue weighted by Gasteiger charge is -2.14. The highest BCUT2D eigenvalue weighted by atomic mass is 15.1. The molecule has 0 saturated heterocycles. The third-order valence-electron chi connectivity index (χ3n) is 1.99. The zero-order valence-electron chi connectivity index (χ0n) is 8.35. The van der Waals surface area contributed by atoms with Gasteiger partial charge < -0.3 is 11.1 Å². The van der Waals surface area contributed by atoms with Crippen LogP contribution in [0.1, 0.15) is 20.8 Å². The molecule has 1 atom stereocenters. The second kappa shape index (κ2) is 7.28. The molecule has 0 aromatic carbocycles. The summed E-state index contributed by atoms with van der Waals surface area (Å²) in [5, 5.41) is 6.51. The van der Waals surface area contributed by atoms with Gasteiger partial charge in [0.25, 0.3) is 0 Å². The summed E-state index contributed by atoms with van der Waals surface area (Å²) in [4.78, 5) is 0. The molecule has 0 amide bonds. The molecular weight excluding hydrogens is 150 g/mol. The van der Waals surface area contributed by atoms with Crippen LogP contribution in [0.5, 0.6) is 0 Å². The van der Waals surface area contributed by atoms with Crippen molar-refractivity contribution in [3.05, 3.63) is 11.6 Å². The molecule has 0 rings (SSSR count). The molecule has 0 unspecified atom stereocenters. The van der Waals surface area contributed by atoms with Gasteiger partial charge in [0.1, 0.15) is 0 Å². The lowest BCUT2D eigenvalue weighted by Crippen LogP contribution is -2.37. The van der Waals surface area contributed by atoms with Gasteiger partial charge >= 0.3 is 0 Å². The van der Waals surface area contributed by atoms with Crippen molar-refractivity contribution in [1.29, 1.82) is 0 Å². The molecule has 3 heteroatoms. The van der Waals surface area contributed by atoms with E-state index in [0.717, 1.165) is 13.2 Å². The molecular formula is C9H21N3. The number of nitrogens with two attached hydrogens (primary N) is 1. The highest BCUT2D eigenvalue weighted by Gasteiger charge is 1.99. The number of allylic oxidation sites excluding steroid dienone is 1. The monoisotopic (exact) mass is 171 g/mol. The first-order chi connectivity index (χ1) is 5.72. The summed E-state index contributed by atoms with van der Waals surface area (Å²) in [5.74, 6) is 0. The van der Waals surface area contributed by atoms with Crippen LogP contribution in [0, 0.1) is 0 Å². The molecule has 0 aromatic heterocycles. The minimum atomic E-state index is 0.445. The van der Waals surface area contributed by atoms with E-state index in [-0.39, 0.29) is 0 Å². The Labute approximate surface area is 75.4 Å². The third-order valence-corrected chi connectivity index (χ3v) is 1.99. The van der Waals surface area contributed by atoms with Gasteiger partial charge in [-0.15, -0.1) is 0 Å². The summed E-state index contributed by atoms with van der Waals surface area (Å²) in [6, 6.07) is 0.445. The molecule has 0 heterocycles. The third kappa shape index (κ3) is 5.29. The van der Waals surface area contributed by atoms with Gasteiger partial charge in [0, 0.05) is 25.8 Å². The van der Waals surface area contributed by atoms with Crippen LogP contribution in [0.15, 0.2) is 11.6 Å². The minimum Gasteiger partial charge on any atom is -0.329 e. The first-order valence-electron chi connectivity index (χ1n) is 4.49. The van der Waals surface area contributed by atoms with Crippen LogP contribution in [0.3, 0.4) is 0 Å². The molecule has 0 saturated carbocycles. The Kier molecular flexibility index (Phi) is 7.05. The average molecular weight is 171 g/mol. The number of rotatable bonds is 6. The molecule has 0 aliphatic carbocycles. The van der Waals surface area contributed by atoms with E-state index >= 15 is 0 Å². The van der Waals surface area contributed by atoms with E-state index in [9.17, 15) is 0 Å². The lowest BCUT2D eigenvalue weighted by atomic mass is 10.1. The Morgan fingerprint density at radius 2 is 2.25 bits per heavy atom. The fraction of sp³-hybridized carbons (Fsp3) is 0.778. The fourth-order valence-corrected chi connectivity index (χ4v) is 0.827. The van der Waals surface area contributed by atoms with Crippen molar-refractivity contribution < 1.29 is 0 Å². The maximum absolute atomic E-state index is 5.33. The highest BCUT2D eigenvalue weighted by Crippen LogP contribution is 1.97. The van der Waals surface area contributed by atoms with E-state index in [0.29, 0.717) is 12.6 Å². The summed E-state index contributed by atoms with van der Waals surface area (Å²) in [6.45, 7) is 8.72. The normalized spacial score (nSPS) is 14.8. The van der Waals surface area contributed by atoms with E-state index < -0.39 is 0 Å². The summed E-state index contributed by atoms with van der Waals surface area (Å²) in [5.41, 5.74) is 6.70. The minimum absolute atomic E-state index is 0.445. The second-order valence-corrected chi connectivity index (χ2v) is 2.92. The Hall–Kier alpha value is -0.380. The Morgan fingerprint density at radius 3 is 2.75 bits per heavy atom. The average Bonchev–Trinajstić information content (AvgIpc) is 2.10. The van der Waals surface area contributed by atoms with Gasteiger partial charge in [-0.3, -0.25) is 5.32 Å². The van der Waals surface area contributed by atoms with Crippen molar-refractivity contribution in [2.45, 2.75) is 26.8 Å².